The summed E-state index contributed by atoms with van der Waals surface area (Å²) in [6.45, 7) is 0. The highest BCUT2D eigenvalue weighted by atomic mass is 79.9. The first kappa shape index (κ1) is 8.86. The molecule has 0 aliphatic rings. The SMILES string of the molecule is FC(F)c1nccnc1SBr. The quantitative estimate of drug-likeness (QED) is 0.796. The fraction of sp³-hybridized carbons (Fsp3) is 0.200. The summed E-state index contributed by atoms with van der Waals surface area (Å²) in [6, 6.07) is 0. The summed E-state index contributed by atoms with van der Waals surface area (Å²) in [5.41, 5.74) is -0.283. The maximum absolute atomic E-state index is 12.1. The molecule has 6 heteroatoms. The molecule has 0 N–H and O–H groups in total. The van der Waals surface area contributed by atoms with Crippen LogP contribution in [0.4, 0.5) is 8.78 Å². The Labute approximate surface area is 73.6 Å². The number of hydrogen-bond donors (Lipinski definition) is 0. The molecular formula is C5H3BrF2N2S. The van der Waals surface area contributed by atoms with E-state index in [1.807, 2.05) is 0 Å². The van der Waals surface area contributed by atoms with Gasteiger partial charge in [-0.05, 0) is 25.0 Å². The zero-order chi connectivity index (χ0) is 8.27. The van der Waals surface area contributed by atoms with Crippen molar-refractivity contribution in [1.82, 2.24) is 9.97 Å². The van der Waals surface area contributed by atoms with Crippen LogP contribution in [-0.2, 0) is 0 Å². The first-order chi connectivity index (χ1) is 5.25. The molecule has 11 heavy (non-hydrogen) atoms. The molecule has 0 aliphatic carbocycles. The summed E-state index contributed by atoms with van der Waals surface area (Å²) < 4.78 is 24.2. The van der Waals surface area contributed by atoms with Crippen LogP contribution in [0, 0.1) is 0 Å². The van der Waals surface area contributed by atoms with Crippen LogP contribution in [0.3, 0.4) is 0 Å². The van der Waals surface area contributed by atoms with Crippen LogP contribution >= 0.6 is 25.0 Å². The first-order valence-corrected chi connectivity index (χ1v) is 5.29. The number of hydrogen-bond acceptors (Lipinski definition) is 3. The van der Waals surface area contributed by atoms with Gasteiger partial charge in [-0.15, -0.1) is 0 Å². The molecule has 0 amide bonds. The number of nitrogens with zero attached hydrogens (tertiary/aromatic N) is 2. The molecule has 1 rings (SSSR count). The monoisotopic (exact) mass is 240 g/mol. The molecular weight excluding hydrogens is 238 g/mol. The van der Waals surface area contributed by atoms with E-state index >= 15 is 0 Å². The average molecular weight is 241 g/mol. The van der Waals surface area contributed by atoms with Gasteiger partial charge in [0.1, 0.15) is 10.7 Å². The van der Waals surface area contributed by atoms with Gasteiger partial charge in [-0.25, -0.2) is 13.8 Å². The third-order valence-electron chi connectivity index (χ3n) is 0.971. The van der Waals surface area contributed by atoms with Crippen molar-refractivity contribution in [2.24, 2.45) is 0 Å². The third kappa shape index (κ3) is 2.10. The van der Waals surface area contributed by atoms with E-state index < -0.39 is 6.43 Å². The minimum absolute atomic E-state index is 0.211. The fourth-order valence-corrected chi connectivity index (χ4v) is 1.61. The Morgan fingerprint density at radius 2 is 2.00 bits per heavy atom. The summed E-state index contributed by atoms with van der Waals surface area (Å²) in [4.78, 5) is 7.18. The van der Waals surface area contributed by atoms with Crippen molar-refractivity contribution in [3.8, 4) is 0 Å². The van der Waals surface area contributed by atoms with Gasteiger partial charge in [0.15, 0.2) is 0 Å². The molecule has 0 saturated heterocycles. The van der Waals surface area contributed by atoms with Crippen LogP contribution in [0.1, 0.15) is 12.1 Å². The molecule has 1 aromatic rings. The van der Waals surface area contributed by atoms with E-state index in [1.54, 1.807) is 0 Å². The molecule has 60 valence electrons. The van der Waals surface area contributed by atoms with E-state index in [0.717, 1.165) is 10.2 Å². The Balaban J connectivity index is 3.02. The smallest absolute Gasteiger partial charge is 0.251 e. The highest BCUT2D eigenvalue weighted by Crippen LogP contribution is 2.29. The van der Waals surface area contributed by atoms with Gasteiger partial charge in [0.2, 0.25) is 0 Å². The lowest BCUT2D eigenvalue weighted by atomic mass is 10.5. The minimum atomic E-state index is -2.57. The molecule has 0 radical (unpaired) electrons. The second-order valence-corrected chi connectivity index (χ2v) is 3.14. The third-order valence-corrected chi connectivity index (χ3v) is 2.35. The molecule has 0 aromatic carbocycles. The van der Waals surface area contributed by atoms with E-state index in [2.05, 4.69) is 24.8 Å². The number of halogens is 3. The number of alkyl halides is 2. The summed E-state index contributed by atoms with van der Waals surface area (Å²) in [5, 5.41) is 0.211. The van der Waals surface area contributed by atoms with Crippen LogP contribution in [0.15, 0.2) is 17.4 Å². The lowest BCUT2D eigenvalue weighted by Gasteiger charge is -2.00. The Hall–Kier alpha value is -0.230. The predicted molar refractivity (Wildman–Crippen MR) is 41.8 cm³/mol. The van der Waals surface area contributed by atoms with Crippen molar-refractivity contribution in [3.63, 3.8) is 0 Å². The lowest BCUT2D eigenvalue weighted by Crippen LogP contribution is -1.93. The highest BCUT2D eigenvalue weighted by Gasteiger charge is 2.14. The highest BCUT2D eigenvalue weighted by molar-refractivity contribution is 9.50. The molecule has 0 bridgehead atoms. The van der Waals surface area contributed by atoms with E-state index in [-0.39, 0.29) is 10.7 Å². The van der Waals surface area contributed by atoms with Gasteiger partial charge in [-0.3, -0.25) is 4.98 Å². The van der Waals surface area contributed by atoms with Gasteiger partial charge >= 0.3 is 0 Å². The van der Waals surface area contributed by atoms with Crippen LogP contribution in [-0.4, -0.2) is 9.97 Å². The summed E-state index contributed by atoms with van der Waals surface area (Å²) in [7, 11) is 0.983. The largest absolute Gasteiger partial charge is 0.283 e. The minimum Gasteiger partial charge on any atom is -0.251 e. The Kier molecular flexibility index (Phi) is 3.19. The van der Waals surface area contributed by atoms with Crippen molar-refractivity contribution in [2.75, 3.05) is 0 Å². The van der Waals surface area contributed by atoms with Crippen molar-refractivity contribution < 1.29 is 8.78 Å². The van der Waals surface area contributed by atoms with Gasteiger partial charge in [0.05, 0.1) is 0 Å². The topological polar surface area (TPSA) is 25.8 Å². The molecule has 0 unspecified atom stereocenters. The first-order valence-electron chi connectivity index (χ1n) is 2.63. The van der Waals surface area contributed by atoms with Gasteiger partial charge in [-0.2, -0.15) is 0 Å². The average Bonchev–Trinajstić information content (AvgIpc) is 2.04. The molecule has 0 aliphatic heterocycles. The zero-order valence-electron chi connectivity index (χ0n) is 5.17. The van der Waals surface area contributed by atoms with Crippen LogP contribution in [0.2, 0.25) is 0 Å². The Bertz CT molecular complexity index is 246. The van der Waals surface area contributed by atoms with Crippen LogP contribution in [0.5, 0.6) is 0 Å². The lowest BCUT2D eigenvalue weighted by molar-refractivity contribution is 0.141. The van der Waals surface area contributed by atoms with Gasteiger partial charge in [0.25, 0.3) is 6.43 Å². The predicted octanol–water partition coefficient (Wildman–Crippen LogP) is 2.82. The van der Waals surface area contributed by atoms with Gasteiger partial charge in [0, 0.05) is 12.4 Å². The molecule has 0 saturated carbocycles. The molecule has 1 heterocycles. The number of rotatable bonds is 2. The number of aromatic nitrogens is 2. The summed E-state index contributed by atoms with van der Waals surface area (Å²) in [5.74, 6) is 0. The molecule has 0 atom stereocenters. The maximum atomic E-state index is 12.1. The van der Waals surface area contributed by atoms with Gasteiger partial charge < -0.3 is 0 Å². The Morgan fingerprint density at radius 3 is 2.45 bits per heavy atom. The van der Waals surface area contributed by atoms with Crippen molar-refractivity contribution >= 4 is 25.0 Å². The summed E-state index contributed by atoms with van der Waals surface area (Å²) in [6.07, 6.45) is 0.0488. The van der Waals surface area contributed by atoms with Gasteiger partial charge in [-0.1, -0.05) is 0 Å². The van der Waals surface area contributed by atoms with Crippen molar-refractivity contribution in [3.05, 3.63) is 18.1 Å². The van der Waals surface area contributed by atoms with E-state index in [0.29, 0.717) is 0 Å². The summed E-state index contributed by atoms with van der Waals surface area (Å²) >= 11 is 2.96. The normalized spacial score (nSPS) is 10.5. The molecule has 2 nitrogen and oxygen atoms in total. The second-order valence-electron chi connectivity index (χ2n) is 1.62. The zero-order valence-corrected chi connectivity index (χ0v) is 7.57. The maximum Gasteiger partial charge on any atom is 0.283 e. The second kappa shape index (κ2) is 3.96. The molecule has 1 aromatic heterocycles. The van der Waals surface area contributed by atoms with E-state index in [9.17, 15) is 8.78 Å². The van der Waals surface area contributed by atoms with E-state index in [1.165, 1.54) is 12.4 Å². The van der Waals surface area contributed by atoms with Crippen molar-refractivity contribution in [1.29, 1.82) is 0 Å². The van der Waals surface area contributed by atoms with Crippen LogP contribution < -0.4 is 0 Å². The van der Waals surface area contributed by atoms with Crippen LogP contribution in [0.25, 0.3) is 0 Å². The molecule has 0 fully saturated rings. The Morgan fingerprint density at radius 1 is 1.36 bits per heavy atom. The standard InChI is InChI=1S/C5H3BrF2N2S/c6-11-5-3(4(7)8)9-1-2-10-5/h1-2,4H. The fourth-order valence-electron chi connectivity index (χ4n) is 0.545. The van der Waals surface area contributed by atoms with Crippen molar-refractivity contribution in [2.45, 2.75) is 11.5 Å². The molecule has 0 spiro atoms. The van der Waals surface area contributed by atoms with E-state index in [4.69, 9.17) is 0 Å².